The lowest BCUT2D eigenvalue weighted by molar-refractivity contribution is -0.121. The monoisotopic (exact) mass is 240 g/mol. The molecule has 1 unspecified atom stereocenters. The van der Waals surface area contributed by atoms with Gasteiger partial charge in [0, 0.05) is 18.9 Å². The van der Waals surface area contributed by atoms with Crippen molar-refractivity contribution in [3.8, 4) is 0 Å². The van der Waals surface area contributed by atoms with E-state index < -0.39 is 0 Å². The van der Waals surface area contributed by atoms with E-state index in [1.165, 1.54) is 38.3 Å². The molecular weight excluding hydrogens is 212 g/mol. The van der Waals surface area contributed by atoms with Gasteiger partial charge in [-0.25, -0.2) is 0 Å². The first-order chi connectivity index (χ1) is 8.20. The minimum Gasteiger partial charge on any atom is -0.353 e. The lowest BCUT2D eigenvalue weighted by Gasteiger charge is -2.10. The highest BCUT2D eigenvalue weighted by molar-refractivity contribution is 5.76. The second-order valence-corrected chi connectivity index (χ2v) is 4.78. The summed E-state index contributed by atoms with van der Waals surface area (Å²) >= 11 is 0. The average Bonchev–Trinajstić information content (AvgIpc) is 2.28. The Labute approximate surface area is 106 Å². The SMILES string of the molecule is CCCCCCCCCC(=O)NC(C)CC=N. The molecule has 0 aliphatic heterocycles. The molecule has 2 N–H and O–H groups in total. The summed E-state index contributed by atoms with van der Waals surface area (Å²) < 4.78 is 0. The quantitative estimate of drug-likeness (QED) is 0.420. The highest BCUT2D eigenvalue weighted by atomic mass is 16.1. The standard InChI is InChI=1S/C14H28N2O/c1-3-4-5-6-7-8-9-10-14(17)16-13(2)11-12-15/h12-13,15H,3-11H2,1-2H3,(H,16,17). The summed E-state index contributed by atoms with van der Waals surface area (Å²) in [5.41, 5.74) is 0. The highest BCUT2D eigenvalue weighted by Gasteiger charge is 2.05. The van der Waals surface area contributed by atoms with Gasteiger partial charge in [-0.15, -0.1) is 0 Å². The molecule has 0 saturated carbocycles. The number of hydrogen-bond donors (Lipinski definition) is 2. The van der Waals surface area contributed by atoms with E-state index in [9.17, 15) is 4.79 Å². The molecule has 0 aromatic carbocycles. The van der Waals surface area contributed by atoms with Gasteiger partial charge < -0.3 is 10.7 Å². The van der Waals surface area contributed by atoms with Crippen LogP contribution in [0.2, 0.25) is 0 Å². The van der Waals surface area contributed by atoms with Crippen LogP contribution in [-0.4, -0.2) is 18.2 Å². The third-order valence-corrected chi connectivity index (χ3v) is 2.89. The molecule has 100 valence electrons. The van der Waals surface area contributed by atoms with Gasteiger partial charge in [0.1, 0.15) is 0 Å². The highest BCUT2D eigenvalue weighted by Crippen LogP contribution is 2.08. The molecule has 0 bridgehead atoms. The molecule has 0 spiro atoms. The van der Waals surface area contributed by atoms with Crippen molar-refractivity contribution in [1.82, 2.24) is 5.32 Å². The predicted octanol–water partition coefficient (Wildman–Crippen LogP) is 3.67. The Hall–Kier alpha value is -0.860. The number of carbonyl (C=O) groups excluding carboxylic acids is 1. The summed E-state index contributed by atoms with van der Waals surface area (Å²) in [6.45, 7) is 4.16. The fourth-order valence-electron chi connectivity index (χ4n) is 1.83. The molecule has 0 aliphatic rings. The Morgan fingerprint density at radius 2 is 1.76 bits per heavy atom. The number of nitrogens with one attached hydrogen (secondary N) is 2. The lowest BCUT2D eigenvalue weighted by atomic mass is 10.1. The summed E-state index contributed by atoms with van der Waals surface area (Å²) in [7, 11) is 0. The van der Waals surface area contributed by atoms with E-state index in [0.717, 1.165) is 12.8 Å². The molecule has 3 nitrogen and oxygen atoms in total. The molecular formula is C14H28N2O. The zero-order valence-electron chi connectivity index (χ0n) is 11.4. The number of carbonyl (C=O) groups is 1. The average molecular weight is 240 g/mol. The van der Waals surface area contributed by atoms with Gasteiger partial charge in [-0.3, -0.25) is 4.79 Å². The molecule has 3 heteroatoms. The maximum atomic E-state index is 11.5. The lowest BCUT2D eigenvalue weighted by Crippen LogP contribution is -2.32. The summed E-state index contributed by atoms with van der Waals surface area (Å²) in [4.78, 5) is 11.5. The number of rotatable bonds is 11. The Kier molecular flexibility index (Phi) is 11.0. The van der Waals surface area contributed by atoms with Gasteiger partial charge in [0.25, 0.3) is 0 Å². The van der Waals surface area contributed by atoms with Crippen LogP contribution in [0.3, 0.4) is 0 Å². The van der Waals surface area contributed by atoms with Gasteiger partial charge in [-0.05, 0) is 19.6 Å². The Morgan fingerprint density at radius 1 is 1.18 bits per heavy atom. The van der Waals surface area contributed by atoms with E-state index in [4.69, 9.17) is 5.41 Å². The molecule has 0 aromatic rings. The summed E-state index contributed by atoms with van der Waals surface area (Å²) in [6, 6.07) is 0.101. The van der Waals surface area contributed by atoms with Gasteiger partial charge >= 0.3 is 0 Å². The van der Waals surface area contributed by atoms with Gasteiger partial charge in [-0.2, -0.15) is 0 Å². The molecule has 1 amide bonds. The van der Waals surface area contributed by atoms with Gasteiger partial charge in [-0.1, -0.05) is 45.4 Å². The minimum absolute atomic E-state index is 0.101. The maximum Gasteiger partial charge on any atom is 0.220 e. The van der Waals surface area contributed by atoms with Crippen LogP contribution in [0, 0.1) is 5.41 Å². The molecule has 0 saturated heterocycles. The van der Waals surface area contributed by atoms with Crippen molar-refractivity contribution >= 4 is 12.1 Å². The summed E-state index contributed by atoms with van der Waals surface area (Å²) in [5.74, 6) is 0.132. The van der Waals surface area contributed by atoms with Crippen molar-refractivity contribution in [1.29, 1.82) is 5.41 Å². The molecule has 0 aliphatic carbocycles. The summed E-state index contributed by atoms with van der Waals surface area (Å²) in [6.07, 6.45) is 11.3. The normalized spacial score (nSPS) is 12.1. The second kappa shape index (κ2) is 11.6. The van der Waals surface area contributed by atoms with Crippen molar-refractivity contribution in [2.24, 2.45) is 0 Å². The van der Waals surface area contributed by atoms with Crippen molar-refractivity contribution in [3.63, 3.8) is 0 Å². The molecule has 0 fully saturated rings. The first-order valence-corrected chi connectivity index (χ1v) is 6.99. The van der Waals surface area contributed by atoms with E-state index in [1.54, 1.807) is 0 Å². The van der Waals surface area contributed by atoms with E-state index >= 15 is 0 Å². The molecule has 17 heavy (non-hydrogen) atoms. The van der Waals surface area contributed by atoms with E-state index in [1.807, 2.05) is 6.92 Å². The van der Waals surface area contributed by atoms with Crippen LogP contribution >= 0.6 is 0 Å². The second-order valence-electron chi connectivity index (χ2n) is 4.78. The number of amides is 1. The minimum atomic E-state index is 0.101. The van der Waals surface area contributed by atoms with Crippen molar-refractivity contribution < 1.29 is 4.79 Å². The Morgan fingerprint density at radius 3 is 2.35 bits per heavy atom. The van der Waals surface area contributed by atoms with Crippen LogP contribution in [0.5, 0.6) is 0 Å². The van der Waals surface area contributed by atoms with Crippen LogP contribution in [0.1, 0.15) is 71.6 Å². The first kappa shape index (κ1) is 16.1. The van der Waals surface area contributed by atoms with Crippen LogP contribution in [0.4, 0.5) is 0 Å². The van der Waals surface area contributed by atoms with Gasteiger partial charge in [0.15, 0.2) is 0 Å². The fraction of sp³-hybridized carbons (Fsp3) is 0.857. The third-order valence-electron chi connectivity index (χ3n) is 2.89. The van der Waals surface area contributed by atoms with Gasteiger partial charge in [0.2, 0.25) is 5.91 Å². The van der Waals surface area contributed by atoms with Crippen LogP contribution in [-0.2, 0) is 4.79 Å². The largest absolute Gasteiger partial charge is 0.353 e. The van der Waals surface area contributed by atoms with Gasteiger partial charge in [0.05, 0.1) is 0 Å². The summed E-state index contributed by atoms with van der Waals surface area (Å²) in [5, 5.41) is 9.85. The smallest absolute Gasteiger partial charge is 0.220 e. The van der Waals surface area contributed by atoms with Crippen molar-refractivity contribution in [3.05, 3.63) is 0 Å². The zero-order valence-corrected chi connectivity index (χ0v) is 11.4. The molecule has 0 aromatic heterocycles. The Bertz CT molecular complexity index is 204. The topological polar surface area (TPSA) is 53.0 Å². The van der Waals surface area contributed by atoms with Crippen LogP contribution in [0.25, 0.3) is 0 Å². The van der Waals surface area contributed by atoms with Crippen LogP contribution in [0.15, 0.2) is 0 Å². The van der Waals surface area contributed by atoms with E-state index in [0.29, 0.717) is 12.8 Å². The zero-order chi connectivity index (χ0) is 12.9. The van der Waals surface area contributed by atoms with E-state index in [-0.39, 0.29) is 11.9 Å². The van der Waals surface area contributed by atoms with Crippen molar-refractivity contribution in [2.75, 3.05) is 0 Å². The molecule has 1 atom stereocenters. The predicted molar refractivity (Wildman–Crippen MR) is 73.6 cm³/mol. The Balaban J connectivity index is 3.30. The number of hydrogen-bond acceptors (Lipinski definition) is 2. The number of unbranched alkanes of at least 4 members (excludes halogenated alkanes) is 6. The molecule has 0 rings (SSSR count). The van der Waals surface area contributed by atoms with E-state index in [2.05, 4.69) is 12.2 Å². The molecule has 0 radical (unpaired) electrons. The maximum absolute atomic E-state index is 11.5. The van der Waals surface area contributed by atoms with Crippen LogP contribution < -0.4 is 5.32 Å². The molecule has 0 heterocycles. The first-order valence-electron chi connectivity index (χ1n) is 6.99. The van der Waals surface area contributed by atoms with Crippen molar-refractivity contribution in [2.45, 2.75) is 77.7 Å². The fourth-order valence-corrected chi connectivity index (χ4v) is 1.83. The third kappa shape index (κ3) is 11.4.